The van der Waals surface area contributed by atoms with E-state index in [1.54, 1.807) is 6.92 Å². The number of carbonyl (C=O) groups is 2. The number of allylic oxidation sites excluding steroid dienone is 4. The van der Waals surface area contributed by atoms with Crippen LogP contribution in [0.4, 0.5) is 0 Å². The smallest absolute Gasteiger partial charge is 0.306 e. The Labute approximate surface area is 245 Å². The van der Waals surface area contributed by atoms with Crippen LogP contribution in [-0.4, -0.2) is 89.0 Å². The van der Waals surface area contributed by atoms with Gasteiger partial charge in [0.05, 0.1) is 13.2 Å². The van der Waals surface area contributed by atoms with Crippen molar-refractivity contribution >= 4 is 11.9 Å². The topological polar surface area (TPSA) is 152 Å². The van der Waals surface area contributed by atoms with Gasteiger partial charge < -0.3 is 39.4 Å². The second-order valence-corrected chi connectivity index (χ2v) is 10.5. The van der Waals surface area contributed by atoms with Crippen LogP contribution in [0.1, 0.15) is 104 Å². The lowest BCUT2D eigenvalue weighted by Gasteiger charge is -2.39. The molecule has 0 saturated carbocycles. The van der Waals surface area contributed by atoms with Gasteiger partial charge in [0.1, 0.15) is 31.0 Å². The number of unbranched alkanes of at least 4 members (excludes halogenated alkanes) is 9. The molecule has 0 spiro atoms. The third-order valence-electron chi connectivity index (χ3n) is 6.89. The van der Waals surface area contributed by atoms with Gasteiger partial charge in [-0.25, -0.2) is 0 Å². The van der Waals surface area contributed by atoms with Crippen molar-refractivity contribution in [1.29, 1.82) is 0 Å². The molecule has 41 heavy (non-hydrogen) atoms. The van der Waals surface area contributed by atoms with E-state index in [1.807, 2.05) is 0 Å². The number of esters is 2. The van der Waals surface area contributed by atoms with Crippen molar-refractivity contribution in [2.24, 2.45) is 0 Å². The molecule has 1 rings (SSSR count). The zero-order valence-electron chi connectivity index (χ0n) is 25.0. The highest BCUT2D eigenvalue weighted by Gasteiger charge is 2.44. The van der Waals surface area contributed by atoms with Crippen molar-refractivity contribution in [1.82, 2.24) is 0 Å². The van der Waals surface area contributed by atoms with Crippen LogP contribution >= 0.6 is 0 Å². The summed E-state index contributed by atoms with van der Waals surface area (Å²) in [5.74, 6) is -0.927. The average molecular weight is 587 g/mol. The summed E-state index contributed by atoms with van der Waals surface area (Å²) in [7, 11) is 0. The Morgan fingerprint density at radius 2 is 1.41 bits per heavy atom. The first-order valence-corrected chi connectivity index (χ1v) is 15.4. The Morgan fingerprint density at radius 3 is 2.05 bits per heavy atom. The molecular weight excluding hydrogens is 532 g/mol. The van der Waals surface area contributed by atoms with E-state index in [1.165, 1.54) is 32.1 Å². The first-order valence-electron chi connectivity index (χ1n) is 15.4. The molecule has 1 aliphatic heterocycles. The molecular formula is C31H54O10. The minimum absolute atomic E-state index is 0.153. The van der Waals surface area contributed by atoms with Gasteiger partial charge in [0.15, 0.2) is 12.4 Å². The molecule has 6 atom stereocenters. The Balaban J connectivity index is 2.27. The van der Waals surface area contributed by atoms with Crippen LogP contribution in [0.15, 0.2) is 24.3 Å². The summed E-state index contributed by atoms with van der Waals surface area (Å²) in [6.07, 6.45) is 14.4. The van der Waals surface area contributed by atoms with Crippen LogP contribution < -0.4 is 0 Å². The van der Waals surface area contributed by atoms with Crippen LogP contribution in [0, 0.1) is 0 Å². The zero-order valence-corrected chi connectivity index (χ0v) is 25.0. The summed E-state index contributed by atoms with van der Waals surface area (Å²) < 4.78 is 21.3. The van der Waals surface area contributed by atoms with Crippen LogP contribution in [-0.2, 0) is 28.5 Å². The van der Waals surface area contributed by atoms with Crippen LogP contribution in [0.2, 0.25) is 0 Å². The quantitative estimate of drug-likeness (QED) is 0.0789. The van der Waals surface area contributed by atoms with E-state index < -0.39 is 55.4 Å². The molecule has 1 saturated heterocycles. The fourth-order valence-electron chi connectivity index (χ4n) is 4.31. The Bertz CT molecular complexity index is 738. The predicted octanol–water partition coefficient (Wildman–Crippen LogP) is 3.87. The monoisotopic (exact) mass is 586 g/mol. The second-order valence-electron chi connectivity index (χ2n) is 10.5. The number of aliphatic hydroxyl groups excluding tert-OH is 4. The molecule has 10 heteroatoms. The molecule has 0 amide bonds. The van der Waals surface area contributed by atoms with Crippen molar-refractivity contribution in [3.63, 3.8) is 0 Å². The van der Waals surface area contributed by atoms with E-state index >= 15 is 0 Å². The molecule has 238 valence electrons. The largest absolute Gasteiger partial charge is 0.462 e. The van der Waals surface area contributed by atoms with Crippen molar-refractivity contribution in [3.05, 3.63) is 24.3 Å². The molecule has 0 aromatic rings. The lowest BCUT2D eigenvalue weighted by Crippen LogP contribution is -2.59. The zero-order chi connectivity index (χ0) is 30.3. The third-order valence-corrected chi connectivity index (χ3v) is 6.89. The van der Waals surface area contributed by atoms with Gasteiger partial charge >= 0.3 is 11.9 Å². The minimum Gasteiger partial charge on any atom is -0.462 e. The lowest BCUT2D eigenvalue weighted by atomic mass is 9.99. The van der Waals surface area contributed by atoms with Crippen LogP contribution in [0.3, 0.4) is 0 Å². The predicted molar refractivity (Wildman–Crippen MR) is 155 cm³/mol. The summed E-state index contributed by atoms with van der Waals surface area (Å²) >= 11 is 0. The summed E-state index contributed by atoms with van der Waals surface area (Å²) in [6.45, 7) is 2.75. The normalized spacial score (nSPS) is 23.7. The molecule has 0 aromatic heterocycles. The van der Waals surface area contributed by atoms with E-state index in [0.717, 1.165) is 38.5 Å². The Hall–Kier alpha value is -1.82. The molecule has 0 aromatic carbocycles. The average Bonchev–Trinajstić information content (AvgIpc) is 2.97. The maximum absolute atomic E-state index is 12.4. The van der Waals surface area contributed by atoms with Gasteiger partial charge in [-0.15, -0.1) is 0 Å². The van der Waals surface area contributed by atoms with Crippen molar-refractivity contribution < 1.29 is 49.0 Å². The number of aliphatic hydroxyl groups is 4. The van der Waals surface area contributed by atoms with E-state index in [9.17, 15) is 30.0 Å². The standard InChI is InChI=1S/C31H54O10/c1-3-5-6-7-8-9-10-11-12-13-14-15-16-17-18-19-20-27(34)40-24(22-38-26(33)4-2)23-39-31-30(37)29(36)28(35)25(21-32)41-31/h9-10,12-13,24-25,28-32,35-37H,3-8,11,14-23H2,1-2H3/b10-9-,13-12-. The van der Waals surface area contributed by atoms with E-state index in [4.69, 9.17) is 18.9 Å². The fraction of sp³-hybridized carbons (Fsp3) is 0.806. The summed E-state index contributed by atoms with van der Waals surface area (Å²) in [4.78, 5) is 24.0. The van der Waals surface area contributed by atoms with Crippen molar-refractivity contribution in [3.8, 4) is 0 Å². The van der Waals surface area contributed by atoms with Gasteiger partial charge in [-0.2, -0.15) is 0 Å². The Morgan fingerprint density at radius 1 is 0.780 bits per heavy atom. The number of carbonyl (C=O) groups excluding carboxylic acids is 2. The highest BCUT2D eigenvalue weighted by Crippen LogP contribution is 2.22. The third kappa shape index (κ3) is 17.0. The molecule has 1 aliphatic rings. The van der Waals surface area contributed by atoms with Gasteiger partial charge in [0, 0.05) is 12.8 Å². The molecule has 0 aliphatic carbocycles. The molecule has 0 bridgehead atoms. The van der Waals surface area contributed by atoms with Gasteiger partial charge in [-0.1, -0.05) is 76.7 Å². The molecule has 4 N–H and O–H groups in total. The molecule has 10 nitrogen and oxygen atoms in total. The highest BCUT2D eigenvalue weighted by molar-refractivity contribution is 5.70. The fourth-order valence-corrected chi connectivity index (χ4v) is 4.31. The number of hydrogen-bond donors (Lipinski definition) is 4. The summed E-state index contributed by atoms with van der Waals surface area (Å²) in [6, 6.07) is 0. The molecule has 6 unspecified atom stereocenters. The van der Waals surface area contributed by atoms with E-state index in [2.05, 4.69) is 31.2 Å². The Kier molecular flexibility index (Phi) is 21.5. The molecule has 1 heterocycles. The van der Waals surface area contributed by atoms with E-state index in [0.29, 0.717) is 6.42 Å². The van der Waals surface area contributed by atoms with Gasteiger partial charge in [0.2, 0.25) is 0 Å². The minimum atomic E-state index is -1.59. The maximum Gasteiger partial charge on any atom is 0.306 e. The molecule has 0 radical (unpaired) electrons. The van der Waals surface area contributed by atoms with Gasteiger partial charge in [-0.05, 0) is 38.5 Å². The van der Waals surface area contributed by atoms with Crippen molar-refractivity contribution in [2.75, 3.05) is 19.8 Å². The second kappa shape index (κ2) is 23.7. The number of hydrogen-bond acceptors (Lipinski definition) is 10. The number of ether oxygens (including phenoxy) is 4. The van der Waals surface area contributed by atoms with Gasteiger partial charge in [0.25, 0.3) is 0 Å². The molecule has 1 fully saturated rings. The lowest BCUT2D eigenvalue weighted by molar-refractivity contribution is -0.305. The first kappa shape index (κ1) is 37.2. The number of rotatable bonds is 23. The SMILES string of the molecule is CCCCCC/C=C\C/C=C\CCCCCCCC(=O)OC(COC(=O)CC)COC1OC(CO)C(O)C(O)C1O. The first-order chi connectivity index (χ1) is 19.8. The highest BCUT2D eigenvalue weighted by atomic mass is 16.7. The van der Waals surface area contributed by atoms with E-state index in [-0.39, 0.29) is 26.1 Å². The summed E-state index contributed by atoms with van der Waals surface area (Å²) in [5.41, 5.74) is 0. The van der Waals surface area contributed by atoms with Crippen molar-refractivity contribution in [2.45, 2.75) is 141 Å². The van der Waals surface area contributed by atoms with Crippen LogP contribution in [0.5, 0.6) is 0 Å². The summed E-state index contributed by atoms with van der Waals surface area (Å²) in [5, 5.41) is 39.3. The van der Waals surface area contributed by atoms with Gasteiger partial charge in [-0.3, -0.25) is 9.59 Å². The maximum atomic E-state index is 12.4. The van der Waals surface area contributed by atoms with Crippen LogP contribution in [0.25, 0.3) is 0 Å².